The van der Waals surface area contributed by atoms with Gasteiger partial charge in [-0.2, -0.15) is 13.2 Å². The zero-order valence-corrected chi connectivity index (χ0v) is 19.1. The minimum atomic E-state index is -5.08. The van der Waals surface area contributed by atoms with Gasteiger partial charge >= 0.3 is 12.1 Å². The Hall–Kier alpha value is -2.87. The molecule has 2 aromatic carbocycles. The van der Waals surface area contributed by atoms with Crippen LogP contribution in [0.15, 0.2) is 48.5 Å². The van der Waals surface area contributed by atoms with Gasteiger partial charge in [-0.1, -0.05) is 50.2 Å². The molecule has 33 heavy (non-hydrogen) atoms. The van der Waals surface area contributed by atoms with E-state index in [2.05, 4.69) is 50.4 Å². The van der Waals surface area contributed by atoms with E-state index < -0.39 is 18.1 Å². The van der Waals surface area contributed by atoms with E-state index in [-0.39, 0.29) is 0 Å². The van der Waals surface area contributed by atoms with Crippen LogP contribution in [0.1, 0.15) is 68.4 Å². The van der Waals surface area contributed by atoms with Gasteiger partial charge in [0, 0.05) is 17.6 Å². The molecule has 1 saturated carbocycles. The van der Waals surface area contributed by atoms with Crippen LogP contribution in [-0.2, 0) is 4.79 Å². The van der Waals surface area contributed by atoms with E-state index >= 15 is 0 Å². The number of alkyl halides is 3. The molecule has 0 radical (unpaired) electrons. The number of nitrogens with two attached hydrogens (primary N) is 1. The number of hydrogen-bond acceptors (Lipinski definition) is 3. The van der Waals surface area contributed by atoms with Crippen LogP contribution in [0.3, 0.4) is 0 Å². The minimum absolute atomic E-state index is 0.340. The van der Waals surface area contributed by atoms with Crippen LogP contribution >= 0.6 is 0 Å². The van der Waals surface area contributed by atoms with E-state index in [4.69, 9.17) is 15.6 Å². The summed E-state index contributed by atoms with van der Waals surface area (Å²) in [5.41, 5.74) is 9.84. The highest BCUT2D eigenvalue weighted by Gasteiger charge is 2.38. The van der Waals surface area contributed by atoms with Gasteiger partial charge in [-0.15, -0.1) is 0 Å². The number of carboxylic acids is 1. The lowest BCUT2D eigenvalue weighted by Gasteiger charge is -2.36. The van der Waals surface area contributed by atoms with Crippen LogP contribution in [-0.4, -0.2) is 29.2 Å². The van der Waals surface area contributed by atoms with Gasteiger partial charge in [-0.3, -0.25) is 4.79 Å². The van der Waals surface area contributed by atoms with Crippen molar-refractivity contribution in [3.63, 3.8) is 0 Å². The molecular formula is C25H31F3N2O3. The van der Waals surface area contributed by atoms with Crippen molar-refractivity contribution in [3.8, 4) is 11.1 Å². The number of nitrogens with one attached hydrogen (secondary N) is 1. The Morgan fingerprint density at radius 3 is 2.09 bits per heavy atom. The number of carbonyl (C=O) groups excluding carboxylic acids is 1. The Kier molecular flexibility index (Phi) is 8.66. The van der Waals surface area contributed by atoms with E-state index in [1.165, 1.54) is 31.2 Å². The van der Waals surface area contributed by atoms with Gasteiger partial charge < -0.3 is 16.2 Å². The third-order valence-electron chi connectivity index (χ3n) is 5.96. The van der Waals surface area contributed by atoms with Gasteiger partial charge in [0.25, 0.3) is 0 Å². The predicted octanol–water partition coefficient (Wildman–Crippen LogP) is 5.71. The second kappa shape index (κ2) is 10.8. The molecule has 0 spiro atoms. The maximum atomic E-state index is 11.4. The SMILES string of the molecule is CC(NC1CCC(C)(C)CC1)c1ccc(-c2cccc(C(N)=O)c2)cc1.O=C(O)C(F)(F)F. The normalized spacial score (nSPS) is 16.9. The van der Waals surface area contributed by atoms with Crippen molar-refractivity contribution in [2.45, 2.75) is 64.7 Å². The first-order valence-electron chi connectivity index (χ1n) is 10.8. The fraction of sp³-hybridized carbons (Fsp3) is 0.440. The number of carbonyl (C=O) groups is 2. The number of amides is 1. The van der Waals surface area contributed by atoms with Crippen molar-refractivity contribution in [1.82, 2.24) is 5.32 Å². The van der Waals surface area contributed by atoms with Crippen LogP contribution in [0.4, 0.5) is 13.2 Å². The maximum absolute atomic E-state index is 11.4. The Labute approximate surface area is 192 Å². The van der Waals surface area contributed by atoms with Gasteiger partial charge in [0.1, 0.15) is 0 Å². The van der Waals surface area contributed by atoms with E-state index in [9.17, 15) is 18.0 Å². The van der Waals surface area contributed by atoms with Crippen molar-refractivity contribution in [3.05, 3.63) is 59.7 Å². The van der Waals surface area contributed by atoms with Crippen LogP contribution in [0.5, 0.6) is 0 Å². The van der Waals surface area contributed by atoms with E-state index in [1.807, 2.05) is 18.2 Å². The Balaban J connectivity index is 0.000000479. The van der Waals surface area contributed by atoms with Gasteiger partial charge in [0.05, 0.1) is 0 Å². The summed E-state index contributed by atoms with van der Waals surface area (Å²) in [7, 11) is 0. The molecule has 4 N–H and O–H groups in total. The van der Waals surface area contributed by atoms with Crippen LogP contribution in [0.2, 0.25) is 0 Å². The highest BCUT2D eigenvalue weighted by molar-refractivity contribution is 5.94. The molecule has 0 heterocycles. The smallest absolute Gasteiger partial charge is 0.475 e. The lowest BCUT2D eigenvalue weighted by atomic mass is 9.75. The van der Waals surface area contributed by atoms with Gasteiger partial charge in [-0.25, -0.2) is 4.79 Å². The first-order valence-corrected chi connectivity index (χ1v) is 10.8. The highest BCUT2D eigenvalue weighted by atomic mass is 19.4. The third kappa shape index (κ3) is 8.20. The molecule has 0 aliphatic heterocycles. The lowest BCUT2D eigenvalue weighted by Crippen LogP contribution is -2.36. The quantitative estimate of drug-likeness (QED) is 0.529. The second-order valence-electron chi connectivity index (χ2n) is 9.20. The molecule has 1 aliphatic carbocycles. The van der Waals surface area contributed by atoms with Crippen molar-refractivity contribution in [2.24, 2.45) is 11.1 Å². The zero-order chi connectivity index (χ0) is 24.8. The molecule has 180 valence electrons. The number of benzene rings is 2. The van der Waals surface area contributed by atoms with E-state index in [1.54, 1.807) is 6.07 Å². The number of hydrogen-bond donors (Lipinski definition) is 3. The van der Waals surface area contributed by atoms with Crippen LogP contribution < -0.4 is 11.1 Å². The van der Waals surface area contributed by atoms with Crippen LogP contribution in [0.25, 0.3) is 11.1 Å². The third-order valence-corrected chi connectivity index (χ3v) is 5.96. The molecule has 8 heteroatoms. The van der Waals surface area contributed by atoms with Gasteiger partial charge in [0.2, 0.25) is 5.91 Å². The molecule has 3 rings (SSSR count). The molecular weight excluding hydrogens is 433 g/mol. The standard InChI is InChI=1S/C23H30N2O.C2HF3O2/c1-16(25-21-11-13-23(2,3)14-12-21)17-7-9-18(10-8-17)19-5-4-6-20(15-19)22(24)26;3-2(4,5)1(6)7/h4-10,15-16,21,25H,11-14H2,1-3H3,(H2,24,26);(H,6,7). The second-order valence-corrected chi connectivity index (χ2v) is 9.20. The van der Waals surface area contributed by atoms with E-state index in [0.29, 0.717) is 23.1 Å². The molecule has 0 aromatic heterocycles. The molecule has 0 saturated heterocycles. The highest BCUT2D eigenvalue weighted by Crippen LogP contribution is 2.35. The Morgan fingerprint density at radius 2 is 1.61 bits per heavy atom. The van der Waals surface area contributed by atoms with Crippen molar-refractivity contribution in [2.75, 3.05) is 0 Å². The van der Waals surface area contributed by atoms with Gasteiger partial charge in [-0.05, 0) is 66.8 Å². The Bertz CT molecular complexity index is 946. The maximum Gasteiger partial charge on any atom is 0.490 e. The summed E-state index contributed by atoms with van der Waals surface area (Å²) in [5, 5.41) is 10.9. The molecule has 1 aliphatic rings. The fourth-order valence-corrected chi connectivity index (χ4v) is 3.83. The molecule has 1 fully saturated rings. The summed E-state index contributed by atoms with van der Waals surface area (Å²) in [6.07, 6.45) is 0.0315. The van der Waals surface area contributed by atoms with E-state index in [0.717, 1.165) is 11.1 Å². The number of aliphatic carboxylic acids is 1. The summed E-state index contributed by atoms with van der Waals surface area (Å²) in [4.78, 5) is 20.3. The number of rotatable bonds is 5. The summed E-state index contributed by atoms with van der Waals surface area (Å²) >= 11 is 0. The fourth-order valence-electron chi connectivity index (χ4n) is 3.83. The average molecular weight is 465 g/mol. The number of halogens is 3. The summed E-state index contributed by atoms with van der Waals surface area (Å²) in [5.74, 6) is -3.15. The summed E-state index contributed by atoms with van der Waals surface area (Å²) in [6, 6.07) is 17.0. The average Bonchev–Trinajstić information content (AvgIpc) is 2.75. The first-order chi connectivity index (χ1) is 15.3. The summed E-state index contributed by atoms with van der Waals surface area (Å²) in [6.45, 7) is 6.99. The Morgan fingerprint density at radius 1 is 1.06 bits per heavy atom. The zero-order valence-electron chi connectivity index (χ0n) is 19.1. The number of carboxylic acid groups (broad SMARTS) is 1. The molecule has 2 aromatic rings. The van der Waals surface area contributed by atoms with Crippen molar-refractivity contribution >= 4 is 11.9 Å². The molecule has 0 bridgehead atoms. The van der Waals surface area contributed by atoms with Crippen molar-refractivity contribution in [1.29, 1.82) is 0 Å². The summed E-state index contributed by atoms with van der Waals surface area (Å²) < 4.78 is 31.7. The predicted molar refractivity (Wildman–Crippen MR) is 122 cm³/mol. The van der Waals surface area contributed by atoms with Gasteiger partial charge in [0.15, 0.2) is 0 Å². The molecule has 1 amide bonds. The topological polar surface area (TPSA) is 92.4 Å². The molecule has 1 unspecified atom stereocenters. The first kappa shape index (κ1) is 26.4. The monoisotopic (exact) mass is 464 g/mol. The number of primary amides is 1. The lowest BCUT2D eigenvalue weighted by molar-refractivity contribution is -0.192. The van der Waals surface area contributed by atoms with Crippen molar-refractivity contribution < 1.29 is 27.9 Å². The molecule has 1 atom stereocenters. The molecule has 5 nitrogen and oxygen atoms in total. The largest absolute Gasteiger partial charge is 0.490 e. The minimum Gasteiger partial charge on any atom is -0.475 e. The van der Waals surface area contributed by atoms with Crippen LogP contribution in [0, 0.1) is 5.41 Å².